The Hall–Kier alpha value is -1.60. The number of halogens is 2. The third-order valence-corrected chi connectivity index (χ3v) is 2.17. The number of hydrogen-bond acceptors (Lipinski definition) is 3. The van der Waals surface area contributed by atoms with Crippen LogP contribution in [0.4, 0.5) is 4.39 Å². The maximum atomic E-state index is 13.5. The molecule has 1 aromatic carbocycles. The molecule has 0 aliphatic heterocycles. The number of benzene rings is 1. The minimum absolute atomic E-state index is 0.0115. The van der Waals surface area contributed by atoms with Crippen molar-refractivity contribution in [3.63, 3.8) is 0 Å². The standard InChI is InChI=1S/C10H7ClFNO2/c1-15-10(14)7-3-2-6(5-13)9(12)8(7)4-11/h2-3H,4H2,1H3. The fourth-order valence-electron chi connectivity index (χ4n) is 1.14. The van der Waals surface area contributed by atoms with Gasteiger partial charge in [0, 0.05) is 5.56 Å². The summed E-state index contributed by atoms with van der Waals surface area (Å²) in [4.78, 5) is 11.2. The molecule has 0 bridgehead atoms. The molecular weight excluding hydrogens is 221 g/mol. The first-order chi connectivity index (χ1) is 7.15. The van der Waals surface area contributed by atoms with Gasteiger partial charge < -0.3 is 4.74 Å². The molecule has 5 heteroatoms. The fraction of sp³-hybridized carbons (Fsp3) is 0.200. The van der Waals surface area contributed by atoms with Gasteiger partial charge in [-0.3, -0.25) is 0 Å². The lowest BCUT2D eigenvalue weighted by atomic mass is 10.0. The normalized spacial score (nSPS) is 9.47. The molecule has 1 aromatic rings. The van der Waals surface area contributed by atoms with E-state index in [4.69, 9.17) is 16.9 Å². The van der Waals surface area contributed by atoms with Crippen LogP contribution < -0.4 is 0 Å². The molecule has 0 unspecified atom stereocenters. The lowest BCUT2D eigenvalue weighted by Crippen LogP contribution is -2.07. The first-order valence-electron chi connectivity index (χ1n) is 4.01. The molecule has 0 aliphatic rings. The van der Waals surface area contributed by atoms with Crippen molar-refractivity contribution in [1.29, 1.82) is 5.26 Å². The van der Waals surface area contributed by atoms with Crippen molar-refractivity contribution >= 4 is 17.6 Å². The van der Waals surface area contributed by atoms with Gasteiger partial charge in [0.15, 0.2) is 0 Å². The van der Waals surface area contributed by atoms with Crippen molar-refractivity contribution in [2.24, 2.45) is 0 Å². The van der Waals surface area contributed by atoms with Gasteiger partial charge in [0.25, 0.3) is 0 Å². The van der Waals surface area contributed by atoms with E-state index in [1.54, 1.807) is 6.07 Å². The Morgan fingerprint density at radius 3 is 2.80 bits per heavy atom. The number of alkyl halides is 1. The highest BCUT2D eigenvalue weighted by Crippen LogP contribution is 2.20. The molecule has 0 N–H and O–H groups in total. The number of rotatable bonds is 2. The lowest BCUT2D eigenvalue weighted by Gasteiger charge is -2.06. The van der Waals surface area contributed by atoms with E-state index in [1.165, 1.54) is 19.2 Å². The molecule has 3 nitrogen and oxygen atoms in total. The molecule has 0 aliphatic carbocycles. The number of esters is 1. The smallest absolute Gasteiger partial charge is 0.338 e. The zero-order valence-corrected chi connectivity index (χ0v) is 8.64. The molecule has 0 atom stereocenters. The van der Waals surface area contributed by atoms with Crippen LogP contribution in [0.3, 0.4) is 0 Å². The molecule has 1 rings (SSSR count). The predicted octanol–water partition coefficient (Wildman–Crippen LogP) is 2.22. The zero-order valence-electron chi connectivity index (χ0n) is 7.88. The van der Waals surface area contributed by atoms with Gasteiger partial charge >= 0.3 is 5.97 Å². The second-order valence-corrected chi connectivity index (χ2v) is 2.96. The number of ether oxygens (including phenoxy) is 1. The Kier molecular flexibility index (Phi) is 3.64. The van der Waals surface area contributed by atoms with Crippen molar-refractivity contribution in [2.45, 2.75) is 5.88 Å². The monoisotopic (exact) mass is 227 g/mol. The van der Waals surface area contributed by atoms with Crippen LogP contribution in [-0.2, 0) is 10.6 Å². The summed E-state index contributed by atoms with van der Waals surface area (Å²) in [6, 6.07) is 4.21. The Bertz CT molecular complexity index is 440. The van der Waals surface area contributed by atoms with E-state index in [1.807, 2.05) is 0 Å². The topological polar surface area (TPSA) is 50.1 Å². The molecule has 15 heavy (non-hydrogen) atoms. The van der Waals surface area contributed by atoms with Crippen molar-refractivity contribution in [3.05, 3.63) is 34.6 Å². The van der Waals surface area contributed by atoms with Crippen LogP contribution in [0.15, 0.2) is 12.1 Å². The van der Waals surface area contributed by atoms with Gasteiger partial charge in [-0.1, -0.05) is 0 Å². The van der Waals surface area contributed by atoms with Crippen molar-refractivity contribution in [2.75, 3.05) is 7.11 Å². The minimum Gasteiger partial charge on any atom is -0.465 e. The highest BCUT2D eigenvalue weighted by atomic mass is 35.5. The Balaban J connectivity index is 3.39. The molecule has 0 fully saturated rings. The maximum Gasteiger partial charge on any atom is 0.338 e. The fourth-order valence-corrected chi connectivity index (χ4v) is 1.40. The number of methoxy groups -OCH3 is 1. The van der Waals surface area contributed by atoms with Crippen molar-refractivity contribution in [1.82, 2.24) is 0 Å². The van der Waals surface area contributed by atoms with Gasteiger partial charge in [0.05, 0.1) is 24.1 Å². The van der Waals surface area contributed by atoms with E-state index in [2.05, 4.69) is 4.74 Å². The SMILES string of the molecule is COC(=O)c1ccc(C#N)c(F)c1CCl. The van der Waals surface area contributed by atoms with E-state index < -0.39 is 11.8 Å². The van der Waals surface area contributed by atoms with E-state index in [9.17, 15) is 9.18 Å². The Morgan fingerprint density at radius 2 is 2.33 bits per heavy atom. The quantitative estimate of drug-likeness (QED) is 0.575. The Labute approximate surface area is 91.0 Å². The van der Waals surface area contributed by atoms with Gasteiger partial charge in [-0.15, -0.1) is 11.6 Å². The predicted molar refractivity (Wildman–Crippen MR) is 52.0 cm³/mol. The van der Waals surface area contributed by atoms with Crippen LogP contribution in [0.1, 0.15) is 21.5 Å². The number of carbonyl (C=O) groups excluding carboxylic acids is 1. The molecular formula is C10H7ClFNO2. The summed E-state index contributed by atoms with van der Waals surface area (Å²) < 4.78 is 18.0. The summed E-state index contributed by atoms with van der Waals surface area (Å²) in [6.07, 6.45) is 0. The largest absolute Gasteiger partial charge is 0.465 e. The maximum absolute atomic E-state index is 13.5. The third-order valence-electron chi connectivity index (χ3n) is 1.90. The highest BCUT2D eigenvalue weighted by molar-refractivity contribution is 6.17. The number of nitrogens with zero attached hydrogens (tertiary/aromatic N) is 1. The van der Waals surface area contributed by atoms with Gasteiger partial charge in [0.2, 0.25) is 0 Å². The van der Waals surface area contributed by atoms with Crippen LogP contribution >= 0.6 is 11.6 Å². The summed E-state index contributed by atoms with van der Waals surface area (Å²) in [5, 5.41) is 8.58. The van der Waals surface area contributed by atoms with Gasteiger partial charge in [-0.2, -0.15) is 5.26 Å². The molecule has 0 amide bonds. The second-order valence-electron chi connectivity index (χ2n) is 2.69. The highest BCUT2D eigenvalue weighted by Gasteiger charge is 2.17. The van der Waals surface area contributed by atoms with Crippen LogP contribution in [-0.4, -0.2) is 13.1 Å². The van der Waals surface area contributed by atoms with E-state index in [0.717, 1.165) is 0 Å². The first-order valence-corrected chi connectivity index (χ1v) is 4.55. The van der Waals surface area contributed by atoms with E-state index in [0.29, 0.717) is 0 Å². The van der Waals surface area contributed by atoms with Crippen LogP contribution in [0, 0.1) is 17.1 Å². The number of carbonyl (C=O) groups is 1. The molecule has 0 saturated heterocycles. The average Bonchev–Trinajstić information content (AvgIpc) is 2.27. The lowest BCUT2D eigenvalue weighted by molar-refractivity contribution is 0.0599. The van der Waals surface area contributed by atoms with Crippen molar-refractivity contribution < 1.29 is 13.9 Å². The van der Waals surface area contributed by atoms with Crippen LogP contribution in [0.5, 0.6) is 0 Å². The average molecular weight is 228 g/mol. The molecule has 0 spiro atoms. The summed E-state index contributed by atoms with van der Waals surface area (Å²) in [7, 11) is 1.19. The summed E-state index contributed by atoms with van der Waals surface area (Å²) >= 11 is 5.51. The van der Waals surface area contributed by atoms with Gasteiger partial charge in [-0.25, -0.2) is 9.18 Å². The Morgan fingerprint density at radius 1 is 1.67 bits per heavy atom. The number of hydrogen-bond donors (Lipinski definition) is 0. The number of nitriles is 1. The molecule has 78 valence electrons. The first kappa shape index (κ1) is 11.5. The molecule has 0 saturated carbocycles. The third kappa shape index (κ3) is 2.08. The van der Waals surface area contributed by atoms with Crippen LogP contribution in [0.2, 0.25) is 0 Å². The van der Waals surface area contributed by atoms with E-state index >= 15 is 0 Å². The summed E-state index contributed by atoms with van der Waals surface area (Å²) in [5.41, 5.74) is -0.107. The molecule has 0 radical (unpaired) electrons. The van der Waals surface area contributed by atoms with E-state index in [-0.39, 0.29) is 22.6 Å². The summed E-state index contributed by atoms with van der Waals surface area (Å²) in [5.74, 6) is -1.63. The van der Waals surface area contributed by atoms with Crippen molar-refractivity contribution in [3.8, 4) is 6.07 Å². The summed E-state index contributed by atoms with van der Waals surface area (Å²) in [6.45, 7) is 0. The van der Waals surface area contributed by atoms with Gasteiger partial charge in [0.1, 0.15) is 11.9 Å². The minimum atomic E-state index is -0.768. The molecule has 0 heterocycles. The van der Waals surface area contributed by atoms with Crippen LogP contribution in [0.25, 0.3) is 0 Å². The van der Waals surface area contributed by atoms with Gasteiger partial charge in [-0.05, 0) is 12.1 Å². The zero-order chi connectivity index (χ0) is 11.4. The molecule has 0 aromatic heterocycles. The second kappa shape index (κ2) is 4.76.